The predicted octanol–water partition coefficient (Wildman–Crippen LogP) is 2.70. The number of hydrogen-bond donors (Lipinski definition) is 2. The Labute approximate surface area is 120 Å². The summed E-state index contributed by atoms with van der Waals surface area (Å²) in [5, 5.41) is 13.4. The highest BCUT2D eigenvalue weighted by atomic mass is 32.1. The van der Waals surface area contributed by atoms with Gasteiger partial charge >= 0.3 is 0 Å². The number of nitrogens with zero attached hydrogens (tertiary/aromatic N) is 1. The summed E-state index contributed by atoms with van der Waals surface area (Å²) in [7, 11) is 0. The van der Waals surface area contributed by atoms with E-state index in [2.05, 4.69) is 36.2 Å². The second-order valence-corrected chi connectivity index (χ2v) is 5.70. The molecule has 2 N–H and O–H groups in total. The lowest BCUT2D eigenvalue weighted by Gasteiger charge is -2.34. The van der Waals surface area contributed by atoms with Gasteiger partial charge < -0.3 is 15.3 Å². The zero-order chi connectivity index (χ0) is 13.8. The van der Waals surface area contributed by atoms with Crippen LogP contribution in [0.4, 0.5) is 5.69 Å². The lowest BCUT2D eigenvalue weighted by molar-refractivity contribution is 0.162. The standard InChI is InChI=1S/C15H22N2OS/c1-11-5-3-7-14(12(11)2)16-15(19)17-8-4-6-13(9-17)10-18/h3,5,7,13,18H,4,6,8-10H2,1-2H3,(H,16,19)/t13-/m0/s1. The first kappa shape index (κ1) is 14.3. The fourth-order valence-electron chi connectivity index (χ4n) is 2.48. The molecular weight excluding hydrogens is 256 g/mol. The number of benzene rings is 1. The molecule has 4 heteroatoms. The smallest absolute Gasteiger partial charge is 0.173 e. The van der Waals surface area contributed by atoms with Crippen LogP contribution in [0.3, 0.4) is 0 Å². The Morgan fingerprint density at radius 2 is 2.26 bits per heavy atom. The van der Waals surface area contributed by atoms with Gasteiger partial charge in [-0.1, -0.05) is 12.1 Å². The number of anilines is 1. The summed E-state index contributed by atoms with van der Waals surface area (Å²) < 4.78 is 0. The number of piperidine rings is 1. The molecule has 0 aromatic heterocycles. The van der Waals surface area contributed by atoms with Crippen molar-refractivity contribution in [3.05, 3.63) is 29.3 Å². The molecule has 1 aromatic rings. The molecule has 104 valence electrons. The van der Waals surface area contributed by atoms with E-state index in [4.69, 9.17) is 12.2 Å². The van der Waals surface area contributed by atoms with E-state index in [0.29, 0.717) is 5.92 Å². The number of rotatable bonds is 2. The highest BCUT2D eigenvalue weighted by molar-refractivity contribution is 7.80. The molecule has 0 saturated carbocycles. The molecule has 1 aliphatic rings. The van der Waals surface area contributed by atoms with E-state index < -0.39 is 0 Å². The summed E-state index contributed by atoms with van der Waals surface area (Å²) in [6.07, 6.45) is 2.19. The molecule has 19 heavy (non-hydrogen) atoms. The van der Waals surface area contributed by atoms with Gasteiger partial charge in [-0.2, -0.15) is 0 Å². The molecule has 1 fully saturated rings. The van der Waals surface area contributed by atoms with E-state index >= 15 is 0 Å². The molecule has 2 rings (SSSR count). The third-order valence-corrected chi connectivity index (χ3v) is 4.27. The maximum Gasteiger partial charge on any atom is 0.173 e. The molecule has 3 nitrogen and oxygen atoms in total. The van der Waals surface area contributed by atoms with E-state index in [1.807, 2.05) is 6.07 Å². The Hall–Kier alpha value is -1.13. The maximum atomic E-state index is 9.27. The molecule has 1 heterocycles. The highest BCUT2D eigenvalue weighted by Gasteiger charge is 2.21. The van der Waals surface area contributed by atoms with Crippen LogP contribution in [0.25, 0.3) is 0 Å². The van der Waals surface area contributed by atoms with Crippen molar-refractivity contribution in [2.75, 3.05) is 25.0 Å². The summed E-state index contributed by atoms with van der Waals surface area (Å²) in [4.78, 5) is 2.17. The van der Waals surface area contributed by atoms with Crippen molar-refractivity contribution in [3.63, 3.8) is 0 Å². The molecule has 0 amide bonds. The van der Waals surface area contributed by atoms with Gasteiger partial charge in [0.1, 0.15) is 0 Å². The largest absolute Gasteiger partial charge is 0.396 e. The second-order valence-electron chi connectivity index (χ2n) is 5.31. The van der Waals surface area contributed by atoms with Gasteiger partial charge in [0.15, 0.2) is 5.11 Å². The number of likely N-dealkylation sites (tertiary alicyclic amines) is 1. The van der Waals surface area contributed by atoms with Crippen molar-refractivity contribution in [2.45, 2.75) is 26.7 Å². The van der Waals surface area contributed by atoms with Gasteiger partial charge in [-0.25, -0.2) is 0 Å². The van der Waals surface area contributed by atoms with Crippen LogP contribution < -0.4 is 5.32 Å². The minimum absolute atomic E-state index is 0.253. The topological polar surface area (TPSA) is 35.5 Å². The first-order chi connectivity index (χ1) is 9.11. The van der Waals surface area contributed by atoms with Crippen LogP contribution in [-0.4, -0.2) is 34.8 Å². The lowest BCUT2D eigenvalue weighted by atomic mass is 9.99. The van der Waals surface area contributed by atoms with E-state index in [-0.39, 0.29) is 6.61 Å². The van der Waals surface area contributed by atoms with Crippen molar-refractivity contribution >= 4 is 23.0 Å². The van der Waals surface area contributed by atoms with Gasteiger partial charge in [-0.15, -0.1) is 0 Å². The van der Waals surface area contributed by atoms with Crippen LogP contribution in [0.5, 0.6) is 0 Å². The Bertz CT molecular complexity index is 461. The summed E-state index contributed by atoms with van der Waals surface area (Å²) in [6.45, 7) is 6.29. The summed E-state index contributed by atoms with van der Waals surface area (Å²) >= 11 is 5.49. The minimum Gasteiger partial charge on any atom is -0.396 e. The van der Waals surface area contributed by atoms with Gasteiger partial charge in [0.25, 0.3) is 0 Å². The zero-order valence-electron chi connectivity index (χ0n) is 11.6. The molecule has 1 aliphatic heterocycles. The quantitative estimate of drug-likeness (QED) is 0.815. The Balaban J connectivity index is 2.02. The molecule has 0 aliphatic carbocycles. The number of hydrogen-bond acceptors (Lipinski definition) is 2. The van der Waals surface area contributed by atoms with Crippen molar-refractivity contribution in [1.82, 2.24) is 4.90 Å². The number of aliphatic hydroxyl groups excluding tert-OH is 1. The van der Waals surface area contributed by atoms with Crippen LogP contribution in [0.1, 0.15) is 24.0 Å². The van der Waals surface area contributed by atoms with Crippen molar-refractivity contribution in [1.29, 1.82) is 0 Å². The van der Waals surface area contributed by atoms with Crippen LogP contribution in [0, 0.1) is 19.8 Å². The highest BCUT2D eigenvalue weighted by Crippen LogP contribution is 2.21. The number of aliphatic hydroxyl groups is 1. The number of nitrogens with one attached hydrogen (secondary N) is 1. The fraction of sp³-hybridized carbons (Fsp3) is 0.533. The lowest BCUT2D eigenvalue weighted by Crippen LogP contribution is -2.43. The number of thiocarbonyl (C=S) groups is 1. The average molecular weight is 278 g/mol. The Morgan fingerprint density at radius 3 is 3.00 bits per heavy atom. The van der Waals surface area contributed by atoms with Crippen molar-refractivity contribution in [3.8, 4) is 0 Å². The first-order valence-electron chi connectivity index (χ1n) is 6.85. The van der Waals surface area contributed by atoms with E-state index in [9.17, 15) is 5.11 Å². The average Bonchev–Trinajstić information content (AvgIpc) is 2.44. The molecule has 0 spiro atoms. The normalized spacial score (nSPS) is 19.3. The van der Waals surface area contributed by atoms with Crippen molar-refractivity contribution in [2.24, 2.45) is 5.92 Å². The van der Waals surface area contributed by atoms with Crippen LogP contribution in [0.2, 0.25) is 0 Å². The van der Waals surface area contributed by atoms with Crippen LogP contribution in [-0.2, 0) is 0 Å². The molecule has 1 atom stereocenters. The summed E-state index contributed by atoms with van der Waals surface area (Å²) in [5.74, 6) is 0.354. The van der Waals surface area contributed by atoms with E-state index in [0.717, 1.165) is 36.7 Å². The van der Waals surface area contributed by atoms with Crippen LogP contribution in [0.15, 0.2) is 18.2 Å². The predicted molar refractivity (Wildman–Crippen MR) is 83.5 cm³/mol. The minimum atomic E-state index is 0.253. The zero-order valence-corrected chi connectivity index (χ0v) is 12.5. The third kappa shape index (κ3) is 3.45. The molecule has 0 unspecified atom stereocenters. The Morgan fingerprint density at radius 1 is 1.47 bits per heavy atom. The maximum absolute atomic E-state index is 9.27. The van der Waals surface area contributed by atoms with Gasteiger partial charge in [0, 0.05) is 25.4 Å². The monoisotopic (exact) mass is 278 g/mol. The first-order valence-corrected chi connectivity index (χ1v) is 7.25. The van der Waals surface area contributed by atoms with Gasteiger partial charge in [0.05, 0.1) is 0 Å². The second kappa shape index (κ2) is 6.35. The van der Waals surface area contributed by atoms with E-state index in [1.165, 1.54) is 11.1 Å². The summed E-state index contributed by atoms with van der Waals surface area (Å²) in [6, 6.07) is 6.20. The molecule has 1 saturated heterocycles. The molecular formula is C15H22N2OS. The van der Waals surface area contributed by atoms with Crippen LogP contribution >= 0.6 is 12.2 Å². The molecule has 1 aromatic carbocycles. The SMILES string of the molecule is Cc1cccc(NC(=S)N2CCC[C@H](CO)C2)c1C. The Kier molecular flexibility index (Phi) is 4.77. The van der Waals surface area contributed by atoms with Gasteiger partial charge in [0.2, 0.25) is 0 Å². The van der Waals surface area contributed by atoms with Crippen molar-refractivity contribution < 1.29 is 5.11 Å². The third-order valence-electron chi connectivity index (χ3n) is 3.91. The van der Waals surface area contributed by atoms with Gasteiger partial charge in [-0.05, 0) is 62.0 Å². The molecule has 0 radical (unpaired) electrons. The van der Waals surface area contributed by atoms with E-state index in [1.54, 1.807) is 0 Å². The summed E-state index contributed by atoms with van der Waals surface area (Å²) in [5.41, 5.74) is 3.58. The molecule has 0 bridgehead atoms. The number of aryl methyl sites for hydroxylation is 1. The fourth-order valence-corrected chi connectivity index (χ4v) is 2.76. The van der Waals surface area contributed by atoms with Gasteiger partial charge in [-0.3, -0.25) is 0 Å².